The molecule has 0 aliphatic rings. The Hall–Kier alpha value is -1.85. The molecule has 0 amide bonds. The maximum Gasteiger partial charge on any atom is 0.130 e. The Balaban J connectivity index is 3.38. The first-order valence-corrected chi connectivity index (χ1v) is 5.21. The Morgan fingerprint density at radius 1 is 1.47 bits per heavy atom. The van der Waals surface area contributed by atoms with E-state index in [2.05, 4.69) is 12.5 Å². The molecule has 88 valence electrons. The van der Waals surface area contributed by atoms with Crippen LogP contribution in [0.3, 0.4) is 0 Å². The molecule has 0 aliphatic heterocycles. The zero-order valence-electron chi connectivity index (χ0n) is 10.00. The smallest absolute Gasteiger partial charge is 0.130 e. The number of benzene rings is 1. The van der Waals surface area contributed by atoms with Crippen LogP contribution in [0.5, 0.6) is 0 Å². The molecule has 1 N–H and O–H groups in total. The number of hydrogen-bond donors (Lipinski definition) is 1. The van der Waals surface area contributed by atoms with Crippen molar-refractivity contribution in [2.75, 3.05) is 0 Å². The number of hydrogen-bond acceptors (Lipinski definition) is 1. The van der Waals surface area contributed by atoms with Crippen molar-refractivity contribution < 1.29 is 9.50 Å². The Kier molecular flexibility index (Phi) is 3.88. The van der Waals surface area contributed by atoms with Gasteiger partial charge < -0.3 is 5.11 Å². The summed E-state index contributed by atoms with van der Waals surface area (Å²) < 4.78 is 13.7. The van der Waals surface area contributed by atoms with Crippen LogP contribution in [0.15, 0.2) is 42.5 Å². The van der Waals surface area contributed by atoms with Crippen LogP contribution in [0.1, 0.15) is 19.4 Å². The maximum atomic E-state index is 13.7. The third-order valence-corrected chi connectivity index (χ3v) is 2.33. The van der Waals surface area contributed by atoms with Gasteiger partial charge in [0.1, 0.15) is 5.82 Å². The summed E-state index contributed by atoms with van der Waals surface area (Å²) in [5, 5.41) is 10.1. The zero-order valence-corrected chi connectivity index (χ0v) is 10.00. The van der Waals surface area contributed by atoms with E-state index in [9.17, 15) is 9.50 Å². The molecule has 1 rings (SSSR count). The summed E-state index contributed by atoms with van der Waals surface area (Å²) in [5.74, 6) is 1.95. The first-order chi connectivity index (χ1) is 7.86. The zero-order chi connectivity index (χ0) is 13.1. The first kappa shape index (κ1) is 13.2. The first-order valence-electron chi connectivity index (χ1n) is 5.21. The second kappa shape index (κ2) is 4.99. The van der Waals surface area contributed by atoms with E-state index < -0.39 is 11.4 Å². The van der Waals surface area contributed by atoms with E-state index in [-0.39, 0.29) is 0 Å². The number of rotatable bonds is 3. The van der Waals surface area contributed by atoms with Crippen molar-refractivity contribution in [3.05, 3.63) is 53.9 Å². The second-order valence-corrected chi connectivity index (χ2v) is 4.27. The second-order valence-electron chi connectivity index (χ2n) is 4.27. The van der Waals surface area contributed by atoms with E-state index in [0.717, 1.165) is 0 Å². The quantitative estimate of drug-likeness (QED) is 0.624. The summed E-state index contributed by atoms with van der Waals surface area (Å²) in [5.41, 5.74) is -0.0533. The van der Waals surface area contributed by atoms with Crippen molar-refractivity contribution >= 4 is 5.57 Å². The Labute approximate surface area is 101 Å². The minimum absolute atomic E-state index is 0.330. The van der Waals surface area contributed by atoms with Gasteiger partial charge in [-0.15, -0.1) is 6.42 Å². The molecule has 0 aromatic heterocycles. The van der Waals surface area contributed by atoms with E-state index in [1.807, 2.05) is 0 Å². The fraction of sp³-hybridized carbons (Fsp3) is 0.200. The molecule has 0 atom stereocenters. The summed E-state index contributed by atoms with van der Waals surface area (Å²) in [4.78, 5) is 0. The molecule has 0 radical (unpaired) electrons. The third kappa shape index (κ3) is 3.30. The molecule has 2 heteroatoms. The van der Waals surface area contributed by atoms with E-state index in [0.29, 0.717) is 16.7 Å². The van der Waals surface area contributed by atoms with Crippen molar-refractivity contribution in [3.8, 4) is 12.3 Å². The SMILES string of the molecule is C#CC(=C)/C=C(/c1ccccc1F)C(C)(C)O. The van der Waals surface area contributed by atoms with Crippen molar-refractivity contribution in [3.63, 3.8) is 0 Å². The monoisotopic (exact) mass is 230 g/mol. The minimum atomic E-state index is -1.19. The van der Waals surface area contributed by atoms with E-state index in [1.54, 1.807) is 32.0 Å². The Bertz CT molecular complexity index is 498. The summed E-state index contributed by atoms with van der Waals surface area (Å²) in [6.07, 6.45) is 6.74. The number of allylic oxidation sites excluding steroid dienone is 2. The van der Waals surface area contributed by atoms with Gasteiger partial charge in [0, 0.05) is 11.1 Å². The summed E-state index contributed by atoms with van der Waals surface area (Å²) in [6.45, 7) is 6.79. The predicted molar refractivity (Wildman–Crippen MR) is 68.6 cm³/mol. The van der Waals surface area contributed by atoms with Gasteiger partial charge in [-0.1, -0.05) is 30.7 Å². The molecule has 1 nitrogen and oxygen atoms in total. The lowest BCUT2D eigenvalue weighted by Crippen LogP contribution is -2.21. The highest BCUT2D eigenvalue weighted by Gasteiger charge is 2.23. The number of halogens is 1. The van der Waals surface area contributed by atoms with Crippen LogP contribution >= 0.6 is 0 Å². The van der Waals surface area contributed by atoms with Gasteiger partial charge in [0.25, 0.3) is 0 Å². The molecule has 0 unspecified atom stereocenters. The molecule has 1 aromatic carbocycles. The van der Waals surface area contributed by atoms with E-state index in [4.69, 9.17) is 6.42 Å². The molecular weight excluding hydrogens is 215 g/mol. The van der Waals surface area contributed by atoms with Crippen LogP contribution < -0.4 is 0 Å². The highest BCUT2D eigenvalue weighted by atomic mass is 19.1. The van der Waals surface area contributed by atoms with Crippen molar-refractivity contribution in [1.82, 2.24) is 0 Å². The molecule has 0 spiro atoms. The normalized spacial score (nSPS) is 12.1. The number of terminal acetylenes is 1. The molecule has 17 heavy (non-hydrogen) atoms. The number of aliphatic hydroxyl groups is 1. The van der Waals surface area contributed by atoms with Crippen LogP contribution in [0, 0.1) is 18.2 Å². The fourth-order valence-electron chi connectivity index (χ4n) is 1.48. The standard InChI is InChI=1S/C15H15FO/c1-5-11(2)10-13(15(3,4)17)12-8-6-7-9-14(12)16/h1,6-10,17H,2H2,3-4H3/b13-10-. The molecule has 0 saturated heterocycles. The topological polar surface area (TPSA) is 20.2 Å². The predicted octanol–water partition coefficient (Wildman–Crippen LogP) is 3.17. The largest absolute Gasteiger partial charge is 0.386 e. The molecule has 1 aromatic rings. The summed E-state index contributed by atoms with van der Waals surface area (Å²) >= 11 is 0. The van der Waals surface area contributed by atoms with Gasteiger partial charge in [0.15, 0.2) is 0 Å². The molecule has 0 bridgehead atoms. The van der Waals surface area contributed by atoms with Gasteiger partial charge >= 0.3 is 0 Å². The van der Waals surface area contributed by atoms with Gasteiger partial charge in [-0.25, -0.2) is 4.39 Å². The Morgan fingerprint density at radius 2 is 2.06 bits per heavy atom. The van der Waals surface area contributed by atoms with Crippen LogP contribution in [-0.2, 0) is 0 Å². The van der Waals surface area contributed by atoms with Crippen LogP contribution in [0.4, 0.5) is 4.39 Å². The van der Waals surface area contributed by atoms with Gasteiger partial charge in [0.2, 0.25) is 0 Å². The van der Waals surface area contributed by atoms with Crippen molar-refractivity contribution in [2.45, 2.75) is 19.4 Å². The highest BCUT2D eigenvalue weighted by Crippen LogP contribution is 2.29. The molecular formula is C15H15FO. The van der Waals surface area contributed by atoms with Gasteiger partial charge in [0.05, 0.1) is 5.60 Å². The Morgan fingerprint density at radius 3 is 2.53 bits per heavy atom. The molecule has 0 aliphatic carbocycles. The highest BCUT2D eigenvalue weighted by molar-refractivity contribution is 5.74. The summed E-state index contributed by atoms with van der Waals surface area (Å²) in [6, 6.07) is 6.24. The van der Waals surface area contributed by atoms with Gasteiger partial charge in [-0.2, -0.15) is 0 Å². The van der Waals surface area contributed by atoms with Crippen molar-refractivity contribution in [1.29, 1.82) is 0 Å². The van der Waals surface area contributed by atoms with Gasteiger partial charge in [-0.05, 0) is 31.6 Å². The lowest BCUT2D eigenvalue weighted by atomic mass is 9.89. The maximum absolute atomic E-state index is 13.7. The van der Waals surface area contributed by atoms with Crippen LogP contribution in [0.25, 0.3) is 5.57 Å². The van der Waals surface area contributed by atoms with Crippen LogP contribution in [-0.4, -0.2) is 10.7 Å². The van der Waals surface area contributed by atoms with E-state index in [1.165, 1.54) is 12.1 Å². The third-order valence-electron chi connectivity index (χ3n) is 2.33. The molecule has 0 saturated carbocycles. The average molecular weight is 230 g/mol. The van der Waals surface area contributed by atoms with Gasteiger partial charge in [-0.3, -0.25) is 0 Å². The lowest BCUT2D eigenvalue weighted by molar-refractivity contribution is 0.143. The molecule has 0 fully saturated rings. The van der Waals surface area contributed by atoms with Crippen LogP contribution in [0.2, 0.25) is 0 Å². The summed E-state index contributed by atoms with van der Waals surface area (Å²) in [7, 11) is 0. The molecule has 0 heterocycles. The lowest BCUT2D eigenvalue weighted by Gasteiger charge is -2.22. The van der Waals surface area contributed by atoms with Crippen molar-refractivity contribution in [2.24, 2.45) is 0 Å². The average Bonchev–Trinajstić information content (AvgIpc) is 2.25. The fourth-order valence-corrected chi connectivity index (χ4v) is 1.48. The minimum Gasteiger partial charge on any atom is -0.386 e. The van der Waals surface area contributed by atoms with E-state index >= 15 is 0 Å².